The molecule has 0 saturated carbocycles. The molecule has 8 heteroatoms. The van der Waals surface area contributed by atoms with E-state index in [0.29, 0.717) is 12.2 Å². The van der Waals surface area contributed by atoms with E-state index in [9.17, 15) is 9.18 Å². The number of ether oxygens (including phenoxy) is 1. The van der Waals surface area contributed by atoms with Crippen LogP contribution >= 0.6 is 0 Å². The Balaban J connectivity index is 2.05. The normalized spacial score (nSPS) is 10.7. The van der Waals surface area contributed by atoms with Crippen LogP contribution in [0.4, 0.5) is 20.7 Å². The van der Waals surface area contributed by atoms with E-state index in [2.05, 4.69) is 15.2 Å². The van der Waals surface area contributed by atoms with Gasteiger partial charge in [0, 0.05) is 31.5 Å². The number of carbonyl (C=O) groups excluding carboxylic acids is 1. The van der Waals surface area contributed by atoms with Gasteiger partial charge >= 0.3 is 6.03 Å². The number of nitrogens with one attached hydrogen (secondary N) is 1. The van der Waals surface area contributed by atoms with Gasteiger partial charge in [-0.1, -0.05) is 0 Å². The van der Waals surface area contributed by atoms with Crippen LogP contribution in [0.3, 0.4) is 0 Å². The maximum Gasteiger partial charge on any atom is 0.322 e. The number of hydrogen-bond donors (Lipinski definition) is 2. The molecule has 2 rings (SSSR count). The third kappa shape index (κ3) is 5.59. The Hall–Kier alpha value is -2.87. The molecule has 0 bridgehead atoms. The van der Waals surface area contributed by atoms with Crippen molar-refractivity contribution in [2.75, 3.05) is 45.3 Å². The molecule has 2 aromatic rings. The quantitative estimate of drug-likeness (QED) is 0.741. The third-order valence-electron chi connectivity index (χ3n) is 3.62. The summed E-state index contributed by atoms with van der Waals surface area (Å²) < 4.78 is 19.5. The summed E-state index contributed by atoms with van der Waals surface area (Å²) in [7, 11) is 5.66. The Morgan fingerprint density at radius 1 is 1.23 bits per heavy atom. The Bertz CT molecular complexity index is 754. The van der Waals surface area contributed by atoms with Crippen LogP contribution < -0.4 is 15.8 Å². The zero-order valence-corrected chi connectivity index (χ0v) is 15.2. The predicted molar refractivity (Wildman–Crippen MR) is 99.9 cm³/mol. The molecule has 0 aliphatic rings. The second-order valence-corrected chi connectivity index (χ2v) is 6.15. The fraction of sp³-hybridized carbons (Fsp3) is 0.333. The number of benzene rings is 1. The van der Waals surface area contributed by atoms with Gasteiger partial charge in [-0.3, -0.25) is 5.32 Å². The summed E-state index contributed by atoms with van der Waals surface area (Å²) in [4.78, 5) is 20.0. The highest BCUT2D eigenvalue weighted by Gasteiger charge is 2.14. The van der Waals surface area contributed by atoms with Gasteiger partial charge in [0.25, 0.3) is 0 Å². The van der Waals surface area contributed by atoms with Crippen molar-refractivity contribution in [3.05, 3.63) is 42.3 Å². The smallest absolute Gasteiger partial charge is 0.322 e. The Kier molecular flexibility index (Phi) is 6.74. The number of rotatable bonds is 7. The number of hydrogen-bond acceptors (Lipinski definition) is 5. The van der Waals surface area contributed by atoms with E-state index in [-0.39, 0.29) is 23.3 Å². The number of nitrogens with zero attached hydrogens (tertiary/aromatic N) is 3. The first-order valence-electron chi connectivity index (χ1n) is 8.21. The molecule has 7 nitrogen and oxygen atoms in total. The van der Waals surface area contributed by atoms with Gasteiger partial charge in [0.15, 0.2) is 23.1 Å². The van der Waals surface area contributed by atoms with Crippen molar-refractivity contribution < 1.29 is 13.9 Å². The molecular formula is C18H24FN5O2. The van der Waals surface area contributed by atoms with Crippen LogP contribution in [-0.2, 0) is 0 Å². The van der Waals surface area contributed by atoms with Crippen molar-refractivity contribution in [3.8, 4) is 11.5 Å². The molecule has 0 spiro atoms. The van der Waals surface area contributed by atoms with Crippen LogP contribution in [0.2, 0.25) is 0 Å². The second-order valence-electron chi connectivity index (χ2n) is 6.15. The zero-order valence-electron chi connectivity index (χ0n) is 15.2. The molecule has 26 heavy (non-hydrogen) atoms. The molecule has 0 fully saturated rings. The molecule has 1 aromatic heterocycles. The van der Waals surface area contributed by atoms with Crippen molar-refractivity contribution >= 4 is 17.5 Å². The van der Waals surface area contributed by atoms with Crippen LogP contribution in [0.25, 0.3) is 0 Å². The lowest BCUT2D eigenvalue weighted by Gasteiger charge is -2.19. The van der Waals surface area contributed by atoms with Gasteiger partial charge in [-0.25, -0.2) is 14.2 Å². The topological polar surface area (TPSA) is 83.7 Å². The highest BCUT2D eigenvalue weighted by atomic mass is 19.1. The molecule has 1 aromatic carbocycles. The number of carbonyl (C=O) groups is 1. The van der Waals surface area contributed by atoms with Crippen LogP contribution in [-0.4, -0.2) is 55.0 Å². The zero-order chi connectivity index (χ0) is 19.1. The van der Waals surface area contributed by atoms with Gasteiger partial charge in [0.05, 0.1) is 0 Å². The van der Waals surface area contributed by atoms with Crippen molar-refractivity contribution in [1.82, 2.24) is 14.8 Å². The summed E-state index contributed by atoms with van der Waals surface area (Å²) >= 11 is 0. The number of nitrogens with two attached hydrogens (primary N) is 1. The fourth-order valence-electron chi connectivity index (χ4n) is 2.21. The molecule has 0 aliphatic carbocycles. The van der Waals surface area contributed by atoms with Gasteiger partial charge in [-0.15, -0.1) is 0 Å². The van der Waals surface area contributed by atoms with Crippen molar-refractivity contribution in [1.29, 1.82) is 0 Å². The molecule has 3 N–H and O–H groups in total. The third-order valence-corrected chi connectivity index (χ3v) is 3.62. The van der Waals surface area contributed by atoms with Gasteiger partial charge in [0.2, 0.25) is 0 Å². The molecular weight excluding hydrogens is 337 g/mol. The number of pyridine rings is 1. The largest absolute Gasteiger partial charge is 0.450 e. The van der Waals surface area contributed by atoms with Crippen LogP contribution in [0, 0.1) is 5.82 Å². The van der Waals surface area contributed by atoms with E-state index in [1.54, 1.807) is 24.1 Å². The summed E-state index contributed by atoms with van der Waals surface area (Å²) in [6.07, 6.45) is 2.37. The number of nitrogen functional groups attached to an aromatic ring is 1. The average molecular weight is 361 g/mol. The number of amides is 2. The number of aromatic nitrogens is 1. The van der Waals surface area contributed by atoms with E-state index in [4.69, 9.17) is 10.5 Å². The molecule has 0 atom stereocenters. The van der Waals surface area contributed by atoms with Crippen molar-refractivity contribution in [2.24, 2.45) is 0 Å². The monoisotopic (exact) mass is 361 g/mol. The van der Waals surface area contributed by atoms with Gasteiger partial charge < -0.3 is 20.3 Å². The lowest BCUT2D eigenvalue weighted by atomic mass is 10.3. The molecule has 140 valence electrons. The SMILES string of the molecule is CN(C)CCCN(C)C(=O)Nc1ncccc1Oc1ccc(N)cc1F. The first kappa shape index (κ1) is 19.5. The lowest BCUT2D eigenvalue weighted by Crippen LogP contribution is -2.33. The molecule has 0 radical (unpaired) electrons. The maximum absolute atomic E-state index is 13.9. The first-order valence-corrected chi connectivity index (χ1v) is 8.21. The van der Waals surface area contributed by atoms with Crippen LogP contribution in [0.5, 0.6) is 11.5 Å². The maximum atomic E-state index is 13.9. The van der Waals surface area contributed by atoms with E-state index in [1.807, 2.05) is 14.1 Å². The lowest BCUT2D eigenvalue weighted by molar-refractivity contribution is 0.219. The van der Waals surface area contributed by atoms with E-state index in [1.165, 1.54) is 24.4 Å². The van der Waals surface area contributed by atoms with E-state index >= 15 is 0 Å². The van der Waals surface area contributed by atoms with E-state index < -0.39 is 5.82 Å². The average Bonchev–Trinajstić information content (AvgIpc) is 2.58. The highest BCUT2D eigenvalue weighted by molar-refractivity contribution is 5.89. The standard InChI is InChI=1S/C18H24FN5O2/c1-23(2)10-5-11-24(3)18(25)22-17-16(6-4-9-21-17)26-15-8-7-13(20)12-14(15)19/h4,6-9,12H,5,10-11,20H2,1-3H3,(H,21,22,25). The number of halogens is 1. The summed E-state index contributed by atoms with van der Waals surface area (Å²) in [5, 5.41) is 2.69. The summed E-state index contributed by atoms with van der Waals surface area (Å²) in [5.41, 5.74) is 5.84. The number of urea groups is 1. The Morgan fingerprint density at radius 3 is 2.69 bits per heavy atom. The molecule has 2 amide bonds. The predicted octanol–water partition coefficient (Wildman–Crippen LogP) is 3.01. The van der Waals surface area contributed by atoms with Gasteiger partial charge in [-0.2, -0.15) is 0 Å². The second kappa shape index (κ2) is 9.00. The van der Waals surface area contributed by atoms with Gasteiger partial charge in [-0.05, 0) is 51.3 Å². The first-order chi connectivity index (χ1) is 12.4. The summed E-state index contributed by atoms with van der Waals surface area (Å²) in [6.45, 7) is 1.48. The molecule has 0 unspecified atom stereocenters. The Morgan fingerprint density at radius 2 is 2.00 bits per heavy atom. The highest BCUT2D eigenvalue weighted by Crippen LogP contribution is 2.30. The Labute approximate surface area is 152 Å². The van der Waals surface area contributed by atoms with Crippen LogP contribution in [0.1, 0.15) is 6.42 Å². The number of anilines is 2. The van der Waals surface area contributed by atoms with Crippen molar-refractivity contribution in [3.63, 3.8) is 0 Å². The fourth-order valence-corrected chi connectivity index (χ4v) is 2.21. The van der Waals surface area contributed by atoms with E-state index in [0.717, 1.165) is 13.0 Å². The summed E-state index contributed by atoms with van der Waals surface area (Å²) in [5.74, 6) is -0.131. The molecule has 1 heterocycles. The minimum atomic E-state index is -0.591. The molecule has 0 aliphatic heterocycles. The van der Waals surface area contributed by atoms with Crippen LogP contribution in [0.15, 0.2) is 36.5 Å². The molecule has 0 saturated heterocycles. The minimum Gasteiger partial charge on any atom is -0.450 e. The minimum absolute atomic E-state index is 0.00189. The van der Waals surface area contributed by atoms with Crippen molar-refractivity contribution in [2.45, 2.75) is 6.42 Å². The summed E-state index contributed by atoms with van der Waals surface area (Å²) in [6, 6.07) is 7.06. The van der Waals surface area contributed by atoms with Gasteiger partial charge in [0.1, 0.15) is 0 Å².